The number of hydrogen-bond acceptors (Lipinski definition) is 4. The van der Waals surface area contributed by atoms with Gasteiger partial charge in [-0.05, 0) is 31.6 Å². The van der Waals surface area contributed by atoms with Crippen LogP contribution < -0.4 is 5.73 Å². The predicted octanol–water partition coefficient (Wildman–Crippen LogP) is 2.12. The topological polar surface area (TPSA) is 69.4 Å². The van der Waals surface area contributed by atoms with Crippen molar-refractivity contribution < 1.29 is 13.2 Å². The van der Waals surface area contributed by atoms with Gasteiger partial charge in [0.25, 0.3) is 0 Å². The molecule has 1 fully saturated rings. The molecule has 1 aliphatic rings. The monoisotopic (exact) mass is 291 g/mol. The maximum atomic E-state index is 11.5. The van der Waals surface area contributed by atoms with Gasteiger partial charge in [0, 0.05) is 18.9 Å². The van der Waals surface area contributed by atoms with Gasteiger partial charge in [0.05, 0.1) is 11.4 Å². The lowest BCUT2D eigenvalue weighted by molar-refractivity contribution is -0.0723. The SMILES string of the molecule is CCS(=O)(=O)CCCC(N)C1(OC)CCCC(C)C1. The third-order valence-corrected chi connectivity index (χ3v) is 6.27. The molecule has 0 amide bonds. The fraction of sp³-hybridized carbons (Fsp3) is 1.00. The van der Waals surface area contributed by atoms with Gasteiger partial charge in [-0.1, -0.05) is 26.7 Å². The average Bonchev–Trinajstić information content (AvgIpc) is 2.38. The van der Waals surface area contributed by atoms with E-state index in [1.54, 1.807) is 14.0 Å². The number of rotatable bonds is 7. The Labute approximate surface area is 118 Å². The molecule has 114 valence electrons. The fourth-order valence-electron chi connectivity index (χ4n) is 3.15. The normalized spacial score (nSPS) is 30.2. The van der Waals surface area contributed by atoms with Crippen LogP contribution in [0.1, 0.15) is 52.4 Å². The standard InChI is InChI=1S/C14H29NO3S/c1-4-19(16,17)10-6-8-13(15)14(18-3)9-5-7-12(2)11-14/h12-13H,4-11,15H2,1-3H3. The molecule has 0 radical (unpaired) electrons. The first kappa shape index (κ1) is 16.9. The van der Waals surface area contributed by atoms with Crippen molar-refractivity contribution in [3.05, 3.63) is 0 Å². The summed E-state index contributed by atoms with van der Waals surface area (Å²) in [7, 11) is -1.14. The maximum Gasteiger partial charge on any atom is 0.150 e. The Hall–Kier alpha value is -0.130. The minimum absolute atomic E-state index is 0.0627. The van der Waals surface area contributed by atoms with E-state index in [1.165, 1.54) is 6.42 Å². The molecule has 0 aromatic heterocycles. The molecule has 3 unspecified atom stereocenters. The van der Waals surface area contributed by atoms with Crippen molar-refractivity contribution in [1.29, 1.82) is 0 Å². The zero-order valence-electron chi connectivity index (χ0n) is 12.5. The molecule has 0 aromatic rings. The Morgan fingerprint density at radius 1 is 1.47 bits per heavy atom. The second-order valence-electron chi connectivity index (χ2n) is 5.96. The van der Waals surface area contributed by atoms with Crippen molar-refractivity contribution in [3.63, 3.8) is 0 Å². The van der Waals surface area contributed by atoms with Gasteiger partial charge in [-0.2, -0.15) is 0 Å². The first-order chi connectivity index (χ1) is 8.85. The molecule has 5 heteroatoms. The third-order valence-electron chi connectivity index (χ3n) is 4.48. The lowest BCUT2D eigenvalue weighted by Crippen LogP contribution is -2.52. The fourth-order valence-corrected chi connectivity index (χ4v) is 4.04. The van der Waals surface area contributed by atoms with Crippen LogP contribution in [0.2, 0.25) is 0 Å². The summed E-state index contributed by atoms with van der Waals surface area (Å²) in [5.74, 6) is 1.10. The van der Waals surface area contributed by atoms with Crippen LogP contribution in [0.5, 0.6) is 0 Å². The van der Waals surface area contributed by atoms with E-state index >= 15 is 0 Å². The molecule has 1 saturated carbocycles. The van der Waals surface area contributed by atoms with E-state index in [0.29, 0.717) is 12.3 Å². The van der Waals surface area contributed by atoms with Crippen LogP contribution in [-0.2, 0) is 14.6 Å². The summed E-state index contributed by atoms with van der Waals surface area (Å²) in [6.45, 7) is 3.93. The highest BCUT2D eigenvalue weighted by atomic mass is 32.2. The van der Waals surface area contributed by atoms with Crippen LogP contribution in [0.4, 0.5) is 0 Å². The van der Waals surface area contributed by atoms with Gasteiger partial charge in [-0.15, -0.1) is 0 Å². The molecule has 0 bridgehead atoms. The highest BCUT2D eigenvalue weighted by Crippen LogP contribution is 2.37. The molecular formula is C14H29NO3S. The largest absolute Gasteiger partial charge is 0.377 e. The number of nitrogens with two attached hydrogens (primary N) is 1. The van der Waals surface area contributed by atoms with E-state index in [0.717, 1.165) is 25.7 Å². The Morgan fingerprint density at radius 3 is 2.68 bits per heavy atom. The van der Waals surface area contributed by atoms with Crippen molar-refractivity contribution in [2.45, 2.75) is 64.0 Å². The maximum absolute atomic E-state index is 11.5. The molecular weight excluding hydrogens is 262 g/mol. The van der Waals surface area contributed by atoms with E-state index in [4.69, 9.17) is 10.5 Å². The summed E-state index contributed by atoms with van der Waals surface area (Å²) in [6.07, 6.45) is 5.73. The van der Waals surface area contributed by atoms with Crippen molar-refractivity contribution >= 4 is 9.84 Å². The minimum atomic E-state index is -2.88. The summed E-state index contributed by atoms with van der Waals surface area (Å²) in [5.41, 5.74) is 6.06. The summed E-state index contributed by atoms with van der Waals surface area (Å²) >= 11 is 0. The van der Waals surface area contributed by atoms with E-state index in [1.807, 2.05) is 0 Å². The lowest BCUT2D eigenvalue weighted by Gasteiger charge is -2.43. The van der Waals surface area contributed by atoms with E-state index in [2.05, 4.69) is 6.92 Å². The third kappa shape index (κ3) is 4.72. The van der Waals surface area contributed by atoms with Crippen molar-refractivity contribution in [2.75, 3.05) is 18.6 Å². The molecule has 1 aliphatic carbocycles. The molecule has 0 saturated heterocycles. The van der Waals surface area contributed by atoms with Crippen LogP contribution in [0.15, 0.2) is 0 Å². The number of sulfone groups is 1. The first-order valence-corrected chi connectivity index (χ1v) is 9.18. The zero-order chi connectivity index (χ0) is 14.5. The van der Waals surface area contributed by atoms with Crippen LogP contribution >= 0.6 is 0 Å². The molecule has 3 atom stereocenters. The van der Waals surface area contributed by atoms with E-state index < -0.39 is 9.84 Å². The number of ether oxygens (including phenoxy) is 1. The molecule has 19 heavy (non-hydrogen) atoms. The number of methoxy groups -OCH3 is 1. The summed E-state index contributed by atoms with van der Waals surface area (Å²) in [5, 5.41) is 0. The van der Waals surface area contributed by atoms with Gasteiger partial charge >= 0.3 is 0 Å². The van der Waals surface area contributed by atoms with Gasteiger partial charge in [-0.3, -0.25) is 0 Å². The van der Waals surface area contributed by atoms with Gasteiger partial charge in [0.15, 0.2) is 0 Å². The van der Waals surface area contributed by atoms with Gasteiger partial charge in [-0.25, -0.2) is 8.42 Å². The zero-order valence-corrected chi connectivity index (χ0v) is 13.3. The molecule has 0 spiro atoms. The van der Waals surface area contributed by atoms with Crippen LogP contribution in [0.25, 0.3) is 0 Å². The van der Waals surface area contributed by atoms with Crippen molar-refractivity contribution in [2.24, 2.45) is 11.7 Å². The summed E-state index contributed by atoms with van der Waals surface area (Å²) < 4.78 is 28.7. The summed E-state index contributed by atoms with van der Waals surface area (Å²) in [4.78, 5) is 0. The Morgan fingerprint density at radius 2 is 2.16 bits per heavy atom. The lowest BCUT2D eigenvalue weighted by atomic mass is 9.74. The molecule has 2 N–H and O–H groups in total. The van der Waals surface area contributed by atoms with E-state index in [-0.39, 0.29) is 23.1 Å². The smallest absolute Gasteiger partial charge is 0.150 e. The van der Waals surface area contributed by atoms with Gasteiger partial charge in [0.2, 0.25) is 0 Å². The highest BCUT2D eigenvalue weighted by molar-refractivity contribution is 7.91. The van der Waals surface area contributed by atoms with Crippen molar-refractivity contribution in [3.8, 4) is 0 Å². The molecule has 0 aliphatic heterocycles. The molecule has 1 rings (SSSR count). The quantitative estimate of drug-likeness (QED) is 0.780. The molecule has 0 heterocycles. The predicted molar refractivity (Wildman–Crippen MR) is 78.9 cm³/mol. The second-order valence-corrected chi connectivity index (χ2v) is 8.43. The Balaban J connectivity index is 2.52. The number of hydrogen-bond donors (Lipinski definition) is 1. The first-order valence-electron chi connectivity index (χ1n) is 7.36. The van der Waals surface area contributed by atoms with Gasteiger partial charge < -0.3 is 10.5 Å². The van der Waals surface area contributed by atoms with Crippen LogP contribution in [0.3, 0.4) is 0 Å². The Bertz CT molecular complexity index is 369. The Kier molecular flexibility index (Phi) is 6.27. The average molecular weight is 291 g/mol. The second kappa shape index (κ2) is 7.04. The van der Waals surface area contributed by atoms with E-state index in [9.17, 15) is 8.42 Å². The highest BCUT2D eigenvalue weighted by Gasteiger charge is 2.40. The molecule has 0 aromatic carbocycles. The van der Waals surface area contributed by atoms with Crippen LogP contribution in [0, 0.1) is 5.92 Å². The van der Waals surface area contributed by atoms with Crippen molar-refractivity contribution in [1.82, 2.24) is 0 Å². The minimum Gasteiger partial charge on any atom is -0.377 e. The van der Waals surface area contributed by atoms with Crippen LogP contribution in [-0.4, -0.2) is 38.7 Å². The summed E-state index contributed by atoms with van der Waals surface area (Å²) in [6, 6.07) is -0.0627. The molecule has 4 nitrogen and oxygen atoms in total. The van der Waals surface area contributed by atoms with Gasteiger partial charge in [0.1, 0.15) is 9.84 Å².